The zero-order valence-corrected chi connectivity index (χ0v) is 17.2. The van der Waals surface area contributed by atoms with Gasteiger partial charge in [0.15, 0.2) is 5.96 Å². The Morgan fingerprint density at radius 3 is 2.92 bits per heavy atom. The minimum atomic E-state index is 0. The highest BCUT2D eigenvalue weighted by Gasteiger charge is 2.16. The van der Waals surface area contributed by atoms with E-state index in [0.717, 1.165) is 30.8 Å². The van der Waals surface area contributed by atoms with Crippen LogP contribution in [-0.4, -0.2) is 43.6 Å². The Morgan fingerprint density at radius 2 is 2.17 bits per heavy atom. The molecule has 0 amide bonds. The van der Waals surface area contributed by atoms with E-state index in [4.69, 9.17) is 10.5 Å². The van der Waals surface area contributed by atoms with Crippen molar-refractivity contribution < 1.29 is 4.74 Å². The van der Waals surface area contributed by atoms with Crippen molar-refractivity contribution in [2.24, 2.45) is 10.7 Å². The van der Waals surface area contributed by atoms with Crippen LogP contribution in [-0.2, 0) is 11.3 Å². The van der Waals surface area contributed by atoms with E-state index in [1.807, 2.05) is 24.3 Å². The Morgan fingerprint density at radius 1 is 1.38 bits per heavy atom. The molecule has 0 aromatic heterocycles. The summed E-state index contributed by atoms with van der Waals surface area (Å²) in [7, 11) is 1.69. The van der Waals surface area contributed by atoms with Gasteiger partial charge in [-0.3, -0.25) is 4.99 Å². The number of piperidine rings is 1. The molecule has 1 aliphatic rings. The summed E-state index contributed by atoms with van der Waals surface area (Å²) in [5.74, 6) is 0.472. The van der Waals surface area contributed by atoms with E-state index in [1.165, 1.54) is 25.8 Å². The van der Waals surface area contributed by atoms with Crippen LogP contribution >= 0.6 is 24.0 Å². The van der Waals surface area contributed by atoms with Crippen LogP contribution in [0.1, 0.15) is 38.2 Å². The van der Waals surface area contributed by atoms with Crippen LogP contribution in [0.15, 0.2) is 29.3 Å². The highest BCUT2D eigenvalue weighted by Crippen LogP contribution is 2.17. The van der Waals surface area contributed by atoms with Crippen LogP contribution in [0.5, 0.6) is 0 Å². The van der Waals surface area contributed by atoms with Gasteiger partial charge in [0.05, 0.1) is 6.61 Å². The van der Waals surface area contributed by atoms with E-state index in [-0.39, 0.29) is 24.0 Å². The maximum Gasteiger partial charge on any atom is 0.193 e. The molecule has 1 aliphatic heterocycles. The number of likely N-dealkylation sites (tertiary alicyclic amines) is 1. The minimum absolute atomic E-state index is 0. The number of nitrogens with one attached hydrogen (secondary N) is 1. The standard InChI is InChI=1S/C18H30N4O.HI/c1-15-8-5-6-12-22(15)13-7-11-20-18(19)21-17-10-4-3-9-16(17)14-23-2;/h3-4,9-10,15H,5-8,11-14H2,1-2H3,(H3,19,20,21);1H. The molecule has 0 spiro atoms. The molecule has 0 radical (unpaired) electrons. The van der Waals surface area contributed by atoms with Crippen LogP contribution in [0.4, 0.5) is 5.69 Å². The van der Waals surface area contributed by atoms with Gasteiger partial charge in [-0.1, -0.05) is 24.6 Å². The quantitative estimate of drug-likeness (QED) is 0.292. The first-order valence-corrected chi connectivity index (χ1v) is 8.58. The number of halogens is 1. The molecule has 3 N–H and O–H groups in total. The molecule has 5 nitrogen and oxygen atoms in total. The molecule has 1 aromatic carbocycles. The fourth-order valence-electron chi connectivity index (χ4n) is 3.06. The molecule has 1 unspecified atom stereocenters. The topological polar surface area (TPSA) is 62.9 Å². The lowest BCUT2D eigenvalue weighted by molar-refractivity contribution is 0.160. The molecular formula is C18H31IN4O. The van der Waals surface area contributed by atoms with Gasteiger partial charge in [0.1, 0.15) is 0 Å². The molecule has 1 saturated heterocycles. The summed E-state index contributed by atoms with van der Waals surface area (Å²) in [5.41, 5.74) is 8.04. The van der Waals surface area contributed by atoms with Crippen LogP contribution in [0.3, 0.4) is 0 Å². The second-order valence-corrected chi connectivity index (χ2v) is 6.22. The molecule has 1 aromatic rings. The van der Waals surface area contributed by atoms with E-state index in [1.54, 1.807) is 7.11 Å². The smallest absolute Gasteiger partial charge is 0.193 e. The fourth-order valence-corrected chi connectivity index (χ4v) is 3.06. The van der Waals surface area contributed by atoms with Crippen molar-refractivity contribution in [1.82, 2.24) is 4.90 Å². The zero-order valence-electron chi connectivity index (χ0n) is 14.8. The first-order valence-electron chi connectivity index (χ1n) is 8.58. The van der Waals surface area contributed by atoms with Crippen LogP contribution < -0.4 is 11.1 Å². The predicted octanol–water partition coefficient (Wildman–Crippen LogP) is 3.44. The molecule has 0 saturated carbocycles. The van der Waals surface area contributed by atoms with E-state index in [9.17, 15) is 0 Å². The number of hydrogen-bond donors (Lipinski definition) is 2. The number of ether oxygens (including phenoxy) is 1. The lowest BCUT2D eigenvalue weighted by atomic mass is 10.0. The number of nitrogens with two attached hydrogens (primary N) is 1. The predicted molar refractivity (Wildman–Crippen MR) is 112 cm³/mol. The summed E-state index contributed by atoms with van der Waals surface area (Å²) in [6, 6.07) is 8.70. The second kappa shape index (κ2) is 11.7. The van der Waals surface area contributed by atoms with Crippen molar-refractivity contribution >= 4 is 35.6 Å². The van der Waals surface area contributed by atoms with Gasteiger partial charge in [-0.2, -0.15) is 0 Å². The third kappa shape index (κ3) is 6.94. The van der Waals surface area contributed by atoms with E-state index < -0.39 is 0 Å². The third-order valence-electron chi connectivity index (χ3n) is 4.41. The average Bonchev–Trinajstić information content (AvgIpc) is 2.55. The van der Waals surface area contributed by atoms with Gasteiger partial charge in [-0.15, -0.1) is 24.0 Å². The van der Waals surface area contributed by atoms with E-state index >= 15 is 0 Å². The Labute approximate surface area is 163 Å². The van der Waals surface area contributed by atoms with E-state index in [0.29, 0.717) is 18.6 Å². The highest BCUT2D eigenvalue weighted by molar-refractivity contribution is 14.0. The SMILES string of the molecule is COCc1ccccc1NC(N)=NCCCN1CCCCC1C.I. The van der Waals surface area contributed by atoms with Crippen LogP contribution in [0.25, 0.3) is 0 Å². The normalized spacial score (nSPS) is 18.9. The Bertz CT molecular complexity index is 510. The van der Waals surface area contributed by atoms with Crippen molar-refractivity contribution in [2.45, 2.75) is 45.3 Å². The summed E-state index contributed by atoms with van der Waals surface area (Å²) in [5, 5.41) is 3.18. The maximum absolute atomic E-state index is 6.00. The van der Waals surface area contributed by atoms with Crippen molar-refractivity contribution in [3.05, 3.63) is 29.8 Å². The number of rotatable bonds is 7. The molecule has 1 fully saturated rings. The Kier molecular flexibility index (Phi) is 10.3. The lowest BCUT2D eigenvalue weighted by Gasteiger charge is -2.33. The molecule has 0 aliphatic carbocycles. The van der Waals surface area contributed by atoms with Crippen molar-refractivity contribution in [3.63, 3.8) is 0 Å². The van der Waals surface area contributed by atoms with Crippen LogP contribution in [0, 0.1) is 0 Å². The fraction of sp³-hybridized carbons (Fsp3) is 0.611. The number of para-hydroxylation sites is 1. The first-order chi connectivity index (χ1) is 11.2. The summed E-state index contributed by atoms with van der Waals surface area (Å²) in [6.45, 7) is 5.98. The maximum atomic E-state index is 6.00. The second-order valence-electron chi connectivity index (χ2n) is 6.22. The molecule has 136 valence electrons. The third-order valence-corrected chi connectivity index (χ3v) is 4.41. The van der Waals surface area contributed by atoms with Gasteiger partial charge >= 0.3 is 0 Å². The summed E-state index contributed by atoms with van der Waals surface area (Å²) in [6.07, 6.45) is 5.07. The molecule has 6 heteroatoms. The number of nitrogens with zero attached hydrogens (tertiary/aromatic N) is 2. The van der Waals surface area contributed by atoms with E-state index in [2.05, 4.69) is 22.1 Å². The van der Waals surface area contributed by atoms with Crippen LogP contribution in [0.2, 0.25) is 0 Å². The monoisotopic (exact) mass is 446 g/mol. The van der Waals surface area contributed by atoms with Crippen molar-refractivity contribution in [3.8, 4) is 0 Å². The summed E-state index contributed by atoms with van der Waals surface area (Å²) >= 11 is 0. The van der Waals surface area contributed by atoms with Gasteiger partial charge < -0.3 is 20.7 Å². The number of aliphatic imine (C=N–C) groups is 1. The number of guanidine groups is 1. The molecule has 0 bridgehead atoms. The molecular weight excluding hydrogens is 415 g/mol. The van der Waals surface area contributed by atoms with Crippen molar-refractivity contribution in [2.75, 3.05) is 32.1 Å². The average molecular weight is 446 g/mol. The number of benzene rings is 1. The molecule has 1 heterocycles. The van der Waals surface area contributed by atoms with Gasteiger partial charge in [-0.25, -0.2) is 0 Å². The highest BCUT2D eigenvalue weighted by atomic mass is 127. The number of methoxy groups -OCH3 is 1. The summed E-state index contributed by atoms with van der Waals surface area (Å²) in [4.78, 5) is 7.01. The lowest BCUT2D eigenvalue weighted by Crippen LogP contribution is -2.38. The van der Waals surface area contributed by atoms with Gasteiger partial charge in [0, 0.05) is 37.5 Å². The Hall–Kier alpha value is -0.860. The van der Waals surface area contributed by atoms with Gasteiger partial charge in [0.2, 0.25) is 0 Å². The molecule has 2 rings (SSSR count). The largest absolute Gasteiger partial charge is 0.380 e. The number of anilines is 1. The first kappa shape index (κ1) is 21.2. The van der Waals surface area contributed by atoms with Crippen molar-refractivity contribution in [1.29, 1.82) is 0 Å². The zero-order chi connectivity index (χ0) is 16.5. The number of hydrogen-bond acceptors (Lipinski definition) is 3. The van der Waals surface area contributed by atoms with Gasteiger partial charge in [0.25, 0.3) is 0 Å². The summed E-state index contributed by atoms with van der Waals surface area (Å²) < 4.78 is 5.20. The molecule has 1 atom stereocenters. The molecule has 24 heavy (non-hydrogen) atoms. The minimum Gasteiger partial charge on any atom is -0.380 e. The van der Waals surface area contributed by atoms with Gasteiger partial charge in [-0.05, 0) is 38.8 Å². The Balaban J connectivity index is 0.00000288.